The van der Waals surface area contributed by atoms with Crippen LogP contribution in [0, 0.1) is 10.1 Å². The van der Waals surface area contributed by atoms with Gasteiger partial charge in [0, 0.05) is 36.1 Å². The van der Waals surface area contributed by atoms with E-state index in [4.69, 9.17) is 0 Å². The van der Waals surface area contributed by atoms with Gasteiger partial charge in [-0.15, -0.1) is 0 Å². The molecule has 0 heterocycles. The van der Waals surface area contributed by atoms with Crippen LogP contribution in [-0.4, -0.2) is 17.5 Å². The third-order valence-electron chi connectivity index (χ3n) is 3.36. The van der Waals surface area contributed by atoms with E-state index < -0.39 is 0 Å². The predicted octanol–water partition coefficient (Wildman–Crippen LogP) is 4.80. The highest BCUT2D eigenvalue weighted by Gasteiger charge is 2.11. The summed E-state index contributed by atoms with van der Waals surface area (Å²) >= 11 is 0. The summed E-state index contributed by atoms with van der Waals surface area (Å²) in [4.78, 5) is 10.7. The van der Waals surface area contributed by atoms with E-state index in [0.717, 1.165) is 30.8 Å². The summed E-state index contributed by atoms with van der Waals surface area (Å²) < 4.78 is 0. The Morgan fingerprint density at radius 2 is 1.86 bits per heavy atom. The van der Waals surface area contributed by atoms with Crippen LogP contribution in [-0.2, 0) is 0 Å². The molecule has 1 atom stereocenters. The van der Waals surface area contributed by atoms with Gasteiger partial charge in [-0.1, -0.05) is 33.1 Å². The van der Waals surface area contributed by atoms with Gasteiger partial charge in [0.1, 0.15) is 0 Å². The molecule has 118 valence electrons. The first-order chi connectivity index (χ1) is 10.1. The van der Waals surface area contributed by atoms with Crippen molar-refractivity contribution in [2.24, 2.45) is 0 Å². The van der Waals surface area contributed by atoms with Crippen molar-refractivity contribution in [3.05, 3.63) is 28.3 Å². The lowest BCUT2D eigenvalue weighted by molar-refractivity contribution is -0.384. The number of nitro groups is 1. The fourth-order valence-corrected chi connectivity index (χ4v) is 2.23. The molecule has 0 saturated heterocycles. The van der Waals surface area contributed by atoms with E-state index in [1.807, 2.05) is 6.07 Å². The molecule has 0 aromatic heterocycles. The van der Waals surface area contributed by atoms with Gasteiger partial charge in [0.15, 0.2) is 0 Å². The van der Waals surface area contributed by atoms with Crippen molar-refractivity contribution in [3.63, 3.8) is 0 Å². The average molecular weight is 293 g/mol. The summed E-state index contributed by atoms with van der Waals surface area (Å²) in [7, 11) is 0. The van der Waals surface area contributed by atoms with E-state index in [1.54, 1.807) is 12.1 Å². The van der Waals surface area contributed by atoms with Gasteiger partial charge in [0.05, 0.1) is 4.92 Å². The first kappa shape index (κ1) is 17.3. The van der Waals surface area contributed by atoms with Crippen molar-refractivity contribution in [1.82, 2.24) is 0 Å². The van der Waals surface area contributed by atoms with Crippen molar-refractivity contribution in [2.45, 2.75) is 58.9 Å². The highest BCUT2D eigenvalue weighted by molar-refractivity contribution is 5.63. The lowest BCUT2D eigenvalue weighted by atomic mass is 10.1. The third-order valence-corrected chi connectivity index (χ3v) is 3.36. The fraction of sp³-hybridized carbons (Fsp3) is 0.625. The Morgan fingerprint density at radius 3 is 2.48 bits per heavy atom. The minimum absolute atomic E-state index is 0.124. The maximum atomic E-state index is 11.0. The Morgan fingerprint density at radius 1 is 1.14 bits per heavy atom. The zero-order valence-electron chi connectivity index (χ0n) is 13.3. The SMILES string of the molecule is CCCCCC(C)Nc1cc(NCCC)cc([N+](=O)[O-])c1. The molecule has 0 aliphatic rings. The van der Waals surface area contributed by atoms with E-state index in [-0.39, 0.29) is 10.6 Å². The quantitative estimate of drug-likeness (QED) is 0.369. The molecule has 2 N–H and O–H groups in total. The smallest absolute Gasteiger partial charge is 0.273 e. The van der Waals surface area contributed by atoms with Gasteiger partial charge >= 0.3 is 0 Å². The van der Waals surface area contributed by atoms with E-state index in [9.17, 15) is 10.1 Å². The summed E-state index contributed by atoms with van der Waals surface area (Å²) in [5, 5.41) is 17.6. The summed E-state index contributed by atoms with van der Waals surface area (Å²) in [6, 6.07) is 5.45. The molecular weight excluding hydrogens is 266 g/mol. The van der Waals surface area contributed by atoms with Crippen molar-refractivity contribution in [1.29, 1.82) is 0 Å². The first-order valence-corrected chi connectivity index (χ1v) is 7.86. The molecule has 0 bridgehead atoms. The van der Waals surface area contributed by atoms with Crippen LogP contribution in [0.1, 0.15) is 52.9 Å². The van der Waals surface area contributed by atoms with Crippen LogP contribution in [0.25, 0.3) is 0 Å². The van der Waals surface area contributed by atoms with Crippen LogP contribution in [0.15, 0.2) is 18.2 Å². The molecular formula is C16H27N3O2. The second-order valence-electron chi connectivity index (χ2n) is 5.49. The van der Waals surface area contributed by atoms with Crippen molar-refractivity contribution < 1.29 is 4.92 Å². The molecule has 5 nitrogen and oxygen atoms in total. The van der Waals surface area contributed by atoms with Gasteiger partial charge in [-0.2, -0.15) is 0 Å². The zero-order valence-corrected chi connectivity index (χ0v) is 13.3. The number of benzene rings is 1. The maximum Gasteiger partial charge on any atom is 0.273 e. The largest absolute Gasteiger partial charge is 0.385 e. The molecule has 0 aliphatic carbocycles. The monoisotopic (exact) mass is 293 g/mol. The second-order valence-corrected chi connectivity index (χ2v) is 5.49. The Bertz CT molecular complexity index is 449. The number of hydrogen-bond donors (Lipinski definition) is 2. The van der Waals surface area contributed by atoms with E-state index in [2.05, 4.69) is 31.4 Å². The topological polar surface area (TPSA) is 67.2 Å². The second kappa shape index (κ2) is 9.21. The number of unbranched alkanes of at least 4 members (excludes halogenated alkanes) is 2. The van der Waals surface area contributed by atoms with Gasteiger partial charge < -0.3 is 10.6 Å². The van der Waals surface area contributed by atoms with E-state index >= 15 is 0 Å². The van der Waals surface area contributed by atoms with Crippen LogP contribution < -0.4 is 10.6 Å². The lowest BCUT2D eigenvalue weighted by Crippen LogP contribution is -2.15. The lowest BCUT2D eigenvalue weighted by Gasteiger charge is -2.16. The minimum Gasteiger partial charge on any atom is -0.385 e. The van der Waals surface area contributed by atoms with Crippen LogP contribution >= 0.6 is 0 Å². The van der Waals surface area contributed by atoms with Crippen LogP contribution in [0.5, 0.6) is 0 Å². The molecule has 1 aromatic rings. The Kier molecular flexibility index (Phi) is 7.58. The summed E-state index contributed by atoms with van der Waals surface area (Å²) in [6.07, 6.45) is 5.67. The fourth-order valence-electron chi connectivity index (χ4n) is 2.23. The Balaban J connectivity index is 2.74. The molecule has 0 spiro atoms. The number of nitrogens with one attached hydrogen (secondary N) is 2. The molecule has 0 radical (unpaired) electrons. The summed E-state index contributed by atoms with van der Waals surface area (Å²) in [6.45, 7) is 7.18. The third kappa shape index (κ3) is 6.47. The summed E-state index contributed by atoms with van der Waals surface area (Å²) in [5.74, 6) is 0. The molecule has 0 fully saturated rings. The number of non-ortho nitro benzene ring substituents is 1. The number of rotatable bonds is 10. The van der Waals surface area contributed by atoms with Gasteiger partial charge in [0.25, 0.3) is 5.69 Å². The van der Waals surface area contributed by atoms with Crippen molar-refractivity contribution in [3.8, 4) is 0 Å². The summed E-state index contributed by atoms with van der Waals surface area (Å²) in [5.41, 5.74) is 1.74. The number of anilines is 2. The average Bonchev–Trinajstić information content (AvgIpc) is 2.45. The van der Waals surface area contributed by atoms with Crippen LogP contribution in [0.2, 0.25) is 0 Å². The van der Waals surface area contributed by atoms with Crippen LogP contribution in [0.4, 0.5) is 17.1 Å². The molecule has 0 saturated carbocycles. The normalized spacial score (nSPS) is 12.0. The maximum absolute atomic E-state index is 11.0. The highest BCUT2D eigenvalue weighted by Crippen LogP contribution is 2.25. The molecule has 0 aliphatic heterocycles. The zero-order chi connectivity index (χ0) is 15.7. The Labute approximate surface area is 127 Å². The standard InChI is InChI=1S/C16H27N3O2/c1-4-6-7-8-13(3)18-15-10-14(17-9-5-2)11-16(12-15)19(20)21/h10-13,17-18H,4-9H2,1-3H3. The number of nitrogens with zero attached hydrogens (tertiary/aromatic N) is 1. The van der Waals surface area contributed by atoms with Crippen molar-refractivity contribution >= 4 is 17.1 Å². The van der Waals surface area contributed by atoms with Gasteiger partial charge in [-0.3, -0.25) is 10.1 Å². The Hall–Kier alpha value is -1.78. The first-order valence-electron chi connectivity index (χ1n) is 7.86. The van der Waals surface area contributed by atoms with Gasteiger partial charge in [-0.25, -0.2) is 0 Å². The number of nitro benzene ring substituents is 1. The number of hydrogen-bond acceptors (Lipinski definition) is 4. The highest BCUT2D eigenvalue weighted by atomic mass is 16.6. The molecule has 1 rings (SSSR count). The van der Waals surface area contributed by atoms with E-state index in [1.165, 1.54) is 19.3 Å². The minimum atomic E-state index is -0.343. The molecule has 1 aromatic carbocycles. The van der Waals surface area contributed by atoms with Crippen LogP contribution in [0.3, 0.4) is 0 Å². The molecule has 5 heteroatoms. The van der Waals surface area contributed by atoms with E-state index in [0.29, 0.717) is 6.04 Å². The molecule has 0 amide bonds. The van der Waals surface area contributed by atoms with Gasteiger partial charge in [-0.05, 0) is 25.8 Å². The van der Waals surface area contributed by atoms with Crippen molar-refractivity contribution in [2.75, 3.05) is 17.2 Å². The van der Waals surface area contributed by atoms with Gasteiger partial charge in [0.2, 0.25) is 0 Å². The predicted molar refractivity (Wildman–Crippen MR) is 89.1 cm³/mol. The molecule has 1 unspecified atom stereocenters. The molecule has 21 heavy (non-hydrogen) atoms.